The van der Waals surface area contributed by atoms with Gasteiger partial charge in [0, 0.05) is 17.9 Å². The SMILES string of the molecule is CC1(C)C2OCCCC2C1(N)C(=O)N[C@@H](CO)C(=O)O. The molecule has 5 N–H and O–H groups in total. The van der Waals surface area contributed by atoms with E-state index in [4.69, 9.17) is 20.7 Å². The van der Waals surface area contributed by atoms with Crippen molar-refractivity contribution in [1.29, 1.82) is 0 Å². The minimum atomic E-state index is -1.33. The molecule has 1 saturated carbocycles. The molecule has 0 aromatic carbocycles. The van der Waals surface area contributed by atoms with Crippen LogP contribution in [0.15, 0.2) is 0 Å². The summed E-state index contributed by atoms with van der Waals surface area (Å²) < 4.78 is 5.69. The van der Waals surface area contributed by atoms with Gasteiger partial charge in [0.2, 0.25) is 5.91 Å². The zero-order valence-corrected chi connectivity index (χ0v) is 11.8. The predicted octanol–water partition coefficient (Wildman–Crippen LogP) is -0.919. The number of carbonyl (C=O) groups excluding carboxylic acids is 1. The Balaban J connectivity index is 2.17. The summed E-state index contributed by atoms with van der Waals surface area (Å²) in [5, 5.41) is 20.2. The van der Waals surface area contributed by atoms with Gasteiger partial charge < -0.3 is 26.0 Å². The van der Waals surface area contributed by atoms with Crippen LogP contribution in [0.1, 0.15) is 26.7 Å². The van der Waals surface area contributed by atoms with Gasteiger partial charge in [-0.3, -0.25) is 4.79 Å². The fourth-order valence-corrected chi connectivity index (χ4v) is 3.50. The molecule has 2 fully saturated rings. The van der Waals surface area contributed by atoms with Crippen molar-refractivity contribution in [3.63, 3.8) is 0 Å². The van der Waals surface area contributed by atoms with Gasteiger partial charge in [-0.2, -0.15) is 0 Å². The largest absolute Gasteiger partial charge is 0.480 e. The van der Waals surface area contributed by atoms with Gasteiger partial charge in [-0.1, -0.05) is 13.8 Å². The molecular formula is C13H22N2O5. The summed E-state index contributed by atoms with van der Waals surface area (Å²) in [4.78, 5) is 23.3. The van der Waals surface area contributed by atoms with E-state index < -0.39 is 35.5 Å². The first-order valence-electron chi connectivity index (χ1n) is 6.82. The first-order valence-corrected chi connectivity index (χ1v) is 6.82. The number of hydrogen-bond acceptors (Lipinski definition) is 5. The summed E-state index contributed by atoms with van der Waals surface area (Å²) in [6, 6.07) is -1.33. The van der Waals surface area contributed by atoms with E-state index in [1.165, 1.54) is 0 Å². The molecule has 1 amide bonds. The molecule has 1 saturated heterocycles. The Labute approximate surface area is 117 Å². The first-order chi connectivity index (χ1) is 9.26. The molecule has 2 rings (SSSR count). The van der Waals surface area contributed by atoms with Gasteiger partial charge in [0.05, 0.1) is 12.7 Å². The van der Waals surface area contributed by atoms with Crippen molar-refractivity contribution in [3.8, 4) is 0 Å². The minimum absolute atomic E-state index is 0.0793. The Morgan fingerprint density at radius 3 is 2.70 bits per heavy atom. The molecule has 0 radical (unpaired) electrons. The lowest BCUT2D eigenvalue weighted by molar-refractivity contribution is -0.225. The van der Waals surface area contributed by atoms with E-state index >= 15 is 0 Å². The van der Waals surface area contributed by atoms with Crippen LogP contribution in [0.3, 0.4) is 0 Å². The van der Waals surface area contributed by atoms with Gasteiger partial charge in [0.1, 0.15) is 11.6 Å². The molecule has 0 aromatic heterocycles. The standard InChI is InChI=1S/C13H22N2O5/c1-12(2)9-7(4-3-5-20-9)13(12,14)11(19)15-8(6-16)10(17)18/h7-9,16H,3-6,14H2,1-2H3,(H,15,19)(H,17,18)/t7?,8-,9?,13?/m0/s1. The van der Waals surface area contributed by atoms with Crippen molar-refractivity contribution < 1.29 is 24.5 Å². The molecule has 4 atom stereocenters. The van der Waals surface area contributed by atoms with Crippen LogP contribution >= 0.6 is 0 Å². The van der Waals surface area contributed by atoms with Gasteiger partial charge in [-0.25, -0.2) is 4.79 Å². The number of hydrogen-bond donors (Lipinski definition) is 4. The van der Waals surface area contributed by atoms with Crippen molar-refractivity contribution in [1.82, 2.24) is 5.32 Å². The second-order valence-corrected chi connectivity index (χ2v) is 6.18. The molecule has 1 aliphatic carbocycles. The normalized spacial score (nSPS) is 36.4. The second kappa shape index (κ2) is 4.98. The molecule has 3 unspecified atom stereocenters. The number of aliphatic hydroxyl groups is 1. The molecule has 7 nitrogen and oxygen atoms in total. The monoisotopic (exact) mass is 286 g/mol. The fourth-order valence-electron chi connectivity index (χ4n) is 3.50. The number of nitrogens with one attached hydrogen (secondary N) is 1. The Kier molecular flexibility index (Phi) is 3.79. The Bertz CT molecular complexity index is 425. The lowest BCUT2D eigenvalue weighted by Crippen LogP contribution is -2.82. The molecule has 1 heterocycles. The van der Waals surface area contributed by atoms with Crippen LogP contribution in [0.4, 0.5) is 0 Å². The maximum absolute atomic E-state index is 12.4. The number of nitrogens with two attached hydrogens (primary N) is 1. The van der Waals surface area contributed by atoms with Crippen LogP contribution < -0.4 is 11.1 Å². The molecule has 7 heteroatoms. The van der Waals surface area contributed by atoms with Crippen molar-refractivity contribution in [2.45, 2.75) is 44.4 Å². The van der Waals surface area contributed by atoms with E-state index in [1.807, 2.05) is 13.8 Å². The van der Waals surface area contributed by atoms with E-state index in [1.54, 1.807) is 0 Å². The lowest BCUT2D eigenvalue weighted by atomic mass is 9.46. The maximum atomic E-state index is 12.4. The fraction of sp³-hybridized carbons (Fsp3) is 0.846. The van der Waals surface area contributed by atoms with Crippen molar-refractivity contribution in [3.05, 3.63) is 0 Å². The smallest absolute Gasteiger partial charge is 0.328 e. The van der Waals surface area contributed by atoms with Crippen LogP contribution in [0, 0.1) is 11.3 Å². The third-order valence-corrected chi connectivity index (χ3v) is 4.85. The highest BCUT2D eigenvalue weighted by molar-refractivity contribution is 5.92. The highest BCUT2D eigenvalue weighted by Gasteiger charge is 2.70. The highest BCUT2D eigenvalue weighted by atomic mass is 16.5. The number of aliphatic carboxylic acids is 1. The third kappa shape index (κ3) is 1.92. The van der Waals surface area contributed by atoms with Crippen LogP contribution in [0.25, 0.3) is 0 Å². The summed E-state index contributed by atoms with van der Waals surface area (Å²) in [6.45, 7) is 3.71. The quantitative estimate of drug-likeness (QED) is 0.530. The van der Waals surface area contributed by atoms with Gasteiger partial charge in [-0.15, -0.1) is 0 Å². The topological polar surface area (TPSA) is 122 Å². The van der Waals surface area contributed by atoms with E-state index in [-0.39, 0.29) is 12.0 Å². The minimum Gasteiger partial charge on any atom is -0.480 e. The zero-order chi connectivity index (χ0) is 15.1. The molecule has 2 aliphatic rings. The van der Waals surface area contributed by atoms with Gasteiger partial charge in [0.15, 0.2) is 0 Å². The van der Waals surface area contributed by atoms with Crippen LogP contribution in [-0.2, 0) is 14.3 Å². The molecular weight excluding hydrogens is 264 g/mol. The molecule has 114 valence electrons. The predicted molar refractivity (Wildman–Crippen MR) is 69.8 cm³/mol. The van der Waals surface area contributed by atoms with E-state index in [9.17, 15) is 9.59 Å². The Morgan fingerprint density at radius 1 is 1.50 bits per heavy atom. The Morgan fingerprint density at radius 2 is 2.15 bits per heavy atom. The summed E-state index contributed by atoms with van der Waals surface area (Å²) in [6.07, 6.45) is 1.55. The number of carbonyl (C=O) groups is 2. The number of ether oxygens (including phenoxy) is 1. The van der Waals surface area contributed by atoms with Crippen molar-refractivity contribution in [2.24, 2.45) is 17.1 Å². The maximum Gasteiger partial charge on any atom is 0.328 e. The molecule has 0 aromatic rings. The van der Waals surface area contributed by atoms with Crippen molar-refractivity contribution >= 4 is 11.9 Å². The second-order valence-electron chi connectivity index (χ2n) is 6.18. The van der Waals surface area contributed by atoms with Crippen molar-refractivity contribution in [2.75, 3.05) is 13.2 Å². The number of carboxylic acids is 1. The van der Waals surface area contributed by atoms with E-state index in [2.05, 4.69) is 5.32 Å². The number of carboxylic acid groups (broad SMARTS) is 1. The van der Waals surface area contributed by atoms with Crippen LogP contribution in [0.2, 0.25) is 0 Å². The number of fused-ring (bicyclic) bond motifs is 1. The van der Waals surface area contributed by atoms with E-state index in [0.717, 1.165) is 12.8 Å². The van der Waals surface area contributed by atoms with Gasteiger partial charge >= 0.3 is 5.97 Å². The molecule has 0 bridgehead atoms. The third-order valence-electron chi connectivity index (χ3n) is 4.85. The van der Waals surface area contributed by atoms with E-state index in [0.29, 0.717) is 6.61 Å². The molecule has 0 spiro atoms. The lowest BCUT2D eigenvalue weighted by Gasteiger charge is -2.65. The summed E-state index contributed by atoms with van der Waals surface area (Å²) in [5.41, 5.74) is 4.58. The number of rotatable bonds is 4. The van der Waals surface area contributed by atoms with Gasteiger partial charge in [0.25, 0.3) is 0 Å². The first kappa shape index (κ1) is 15.2. The summed E-state index contributed by atoms with van der Waals surface area (Å²) in [7, 11) is 0. The van der Waals surface area contributed by atoms with Gasteiger partial charge in [-0.05, 0) is 12.8 Å². The Hall–Kier alpha value is -1.18. The zero-order valence-electron chi connectivity index (χ0n) is 11.8. The highest BCUT2D eigenvalue weighted by Crippen LogP contribution is 2.57. The molecule has 20 heavy (non-hydrogen) atoms. The molecule has 1 aliphatic heterocycles. The van der Waals surface area contributed by atoms with Crippen LogP contribution in [0.5, 0.6) is 0 Å². The average Bonchev–Trinajstić information content (AvgIpc) is 2.43. The summed E-state index contributed by atoms with van der Waals surface area (Å²) >= 11 is 0. The number of amides is 1. The van der Waals surface area contributed by atoms with Crippen LogP contribution in [-0.4, -0.2) is 53.0 Å². The average molecular weight is 286 g/mol. The summed E-state index contributed by atoms with van der Waals surface area (Å²) in [5.74, 6) is -1.92. The number of aliphatic hydroxyl groups excluding tert-OH is 1.